The average molecular weight is 753 g/mol. The third-order valence-electron chi connectivity index (χ3n) is 7.40. The summed E-state index contributed by atoms with van der Waals surface area (Å²) >= 11 is 0. The summed E-state index contributed by atoms with van der Waals surface area (Å²) < 4.78 is 6.17. The molecular formula is C38H32IrN4O-2. The molecule has 3 aromatic heterocycles. The van der Waals surface area contributed by atoms with E-state index in [4.69, 9.17) is 9.40 Å². The first-order valence-electron chi connectivity index (χ1n) is 14.5. The molecule has 221 valence electrons. The van der Waals surface area contributed by atoms with Gasteiger partial charge in [-0.3, -0.25) is 4.98 Å². The standard InChI is InChI=1S/C27H24N3O.C11H8N.Ir/c1-16(2)18-10-7-11-19(17(3)4)25(18)23-15-28-30-27(29-23)22-13-8-12-21-20-9-5-6-14-24(20)31-26(21)22;1-2-6-10(7-3-1)11-8-4-5-9-12-11;/h5-12,14-17H,1-4H3;1-6,8-9H;/q2*-1;. The van der Waals surface area contributed by atoms with Crippen molar-refractivity contribution in [2.24, 2.45) is 0 Å². The summed E-state index contributed by atoms with van der Waals surface area (Å²) in [5, 5.41) is 10.8. The van der Waals surface area contributed by atoms with Crippen LogP contribution in [0.15, 0.2) is 114 Å². The molecule has 1 radical (unpaired) electrons. The molecule has 0 N–H and O–H groups in total. The number of rotatable bonds is 5. The molecule has 0 aliphatic rings. The van der Waals surface area contributed by atoms with E-state index in [0.29, 0.717) is 17.7 Å². The van der Waals surface area contributed by atoms with Crippen molar-refractivity contribution in [1.29, 1.82) is 0 Å². The van der Waals surface area contributed by atoms with Gasteiger partial charge in [-0.05, 0) is 40.8 Å². The predicted molar refractivity (Wildman–Crippen MR) is 173 cm³/mol. The monoisotopic (exact) mass is 753 g/mol. The van der Waals surface area contributed by atoms with Gasteiger partial charge in [0.25, 0.3) is 0 Å². The summed E-state index contributed by atoms with van der Waals surface area (Å²) in [7, 11) is 0. The summed E-state index contributed by atoms with van der Waals surface area (Å²) in [6.45, 7) is 8.84. The Balaban J connectivity index is 0.000000248. The number of hydrogen-bond donors (Lipinski definition) is 0. The molecule has 7 aromatic rings. The molecule has 0 spiro atoms. The van der Waals surface area contributed by atoms with E-state index >= 15 is 0 Å². The molecule has 6 heteroatoms. The summed E-state index contributed by atoms with van der Waals surface area (Å²) in [4.78, 5) is 9.17. The third kappa shape index (κ3) is 6.37. The van der Waals surface area contributed by atoms with Gasteiger partial charge in [0, 0.05) is 37.3 Å². The first-order valence-corrected chi connectivity index (χ1v) is 14.5. The maximum atomic E-state index is 6.17. The number of para-hydroxylation sites is 1. The van der Waals surface area contributed by atoms with Crippen LogP contribution in [0.4, 0.5) is 0 Å². The maximum Gasteiger partial charge on any atom is 0.120 e. The van der Waals surface area contributed by atoms with Crippen molar-refractivity contribution in [3.05, 3.63) is 133 Å². The van der Waals surface area contributed by atoms with E-state index in [1.165, 1.54) is 11.1 Å². The fourth-order valence-corrected chi connectivity index (χ4v) is 5.31. The molecule has 3 heterocycles. The van der Waals surface area contributed by atoms with E-state index in [0.717, 1.165) is 50.0 Å². The van der Waals surface area contributed by atoms with Crippen LogP contribution in [0, 0.1) is 12.1 Å². The van der Waals surface area contributed by atoms with Gasteiger partial charge in [-0.25, -0.2) is 0 Å². The molecule has 0 amide bonds. The molecule has 0 unspecified atom stereocenters. The molecular weight excluding hydrogens is 721 g/mol. The minimum absolute atomic E-state index is 0. The van der Waals surface area contributed by atoms with Gasteiger partial charge in [0.05, 0.1) is 17.5 Å². The van der Waals surface area contributed by atoms with Crippen LogP contribution in [0.2, 0.25) is 0 Å². The van der Waals surface area contributed by atoms with E-state index in [9.17, 15) is 0 Å². The number of benzene rings is 4. The maximum absolute atomic E-state index is 6.17. The van der Waals surface area contributed by atoms with Gasteiger partial charge in [-0.15, -0.1) is 54.1 Å². The molecule has 0 aliphatic heterocycles. The Hall–Kier alpha value is -4.51. The molecule has 0 bridgehead atoms. The Bertz CT molecular complexity index is 1920. The minimum atomic E-state index is 0. The summed E-state index contributed by atoms with van der Waals surface area (Å²) in [6.07, 6.45) is 3.55. The molecule has 0 aliphatic carbocycles. The topological polar surface area (TPSA) is 64.7 Å². The van der Waals surface area contributed by atoms with E-state index in [1.807, 2.05) is 72.8 Å². The van der Waals surface area contributed by atoms with Gasteiger partial charge in [-0.2, -0.15) is 10.2 Å². The number of aromatic nitrogens is 4. The van der Waals surface area contributed by atoms with Gasteiger partial charge < -0.3 is 9.40 Å². The second-order valence-electron chi connectivity index (χ2n) is 11.0. The predicted octanol–water partition coefficient (Wildman–Crippen LogP) is 9.70. The van der Waals surface area contributed by atoms with Crippen LogP contribution in [0.5, 0.6) is 0 Å². The zero-order valence-corrected chi connectivity index (χ0v) is 27.5. The van der Waals surface area contributed by atoms with Crippen LogP contribution in [0.1, 0.15) is 50.7 Å². The summed E-state index contributed by atoms with van der Waals surface area (Å²) in [6, 6.07) is 38.5. The van der Waals surface area contributed by atoms with Crippen LogP contribution in [0.25, 0.3) is 55.8 Å². The Morgan fingerprint density at radius 3 is 2.14 bits per heavy atom. The minimum Gasteiger partial charge on any atom is -0.501 e. The molecule has 44 heavy (non-hydrogen) atoms. The molecule has 4 aromatic carbocycles. The van der Waals surface area contributed by atoms with Gasteiger partial charge in [0.15, 0.2) is 0 Å². The average Bonchev–Trinajstić information content (AvgIpc) is 3.44. The van der Waals surface area contributed by atoms with E-state index in [1.54, 1.807) is 12.4 Å². The van der Waals surface area contributed by atoms with Crippen molar-refractivity contribution in [3.63, 3.8) is 0 Å². The van der Waals surface area contributed by atoms with E-state index in [-0.39, 0.29) is 20.1 Å². The van der Waals surface area contributed by atoms with E-state index < -0.39 is 0 Å². The molecule has 0 fully saturated rings. The van der Waals surface area contributed by atoms with Gasteiger partial charge in [0.1, 0.15) is 11.4 Å². The first-order chi connectivity index (χ1) is 21.0. The Morgan fingerprint density at radius 2 is 1.43 bits per heavy atom. The zero-order valence-electron chi connectivity index (χ0n) is 25.1. The van der Waals surface area contributed by atoms with Crippen molar-refractivity contribution < 1.29 is 24.5 Å². The summed E-state index contributed by atoms with van der Waals surface area (Å²) in [5.41, 5.74) is 8.85. The number of pyridine rings is 1. The quantitative estimate of drug-likeness (QED) is 0.164. The van der Waals surface area contributed by atoms with Crippen LogP contribution in [0.3, 0.4) is 0 Å². The molecule has 0 saturated heterocycles. The van der Waals surface area contributed by atoms with Crippen molar-refractivity contribution in [2.45, 2.75) is 39.5 Å². The van der Waals surface area contributed by atoms with Gasteiger partial charge in [0.2, 0.25) is 0 Å². The number of furan rings is 1. The molecule has 0 saturated carbocycles. The Kier molecular flexibility index (Phi) is 9.74. The zero-order chi connectivity index (χ0) is 29.8. The van der Waals surface area contributed by atoms with Crippen molar-refractivity contribution in [1.82, 2.24) is 20.2 Å². The Labute approximate surface area is 271 Å². The molecule has 5 nitrogen and oxygen atoms in total. The van der Waals surface area contributed by atoms with Crippen molar-refractivity contribution >= 4 is 21.9 Å². The smallest absolute Gasteiger partial charge is 0.120 e. The SMILES string of the molecule is CC(C)c1cccc(C(C)C)c1-c1cnnc(-c2[c-]ccc3c2oc2ccccc23)n1.[Ir].[c-]1ccccc1-c1ccccn1. The second kappa shape index (κ2) is 13.9. The Morgan fingerprint density at radius 1 is 0.682 bits per heavy atom. The molecule has 0 atom stereocenters. The number of fused-ring (bicyclic) bond motifs is 3. The normalized spacial score (nSPS) is 11.0. The second-order valence-corrected chi connectivity index (χ2v) is 11.0. The van der Waals surface area contributed by atoms with Crippen molar-refractivity contribution in [2.75, 3.05) is 0 Å². The van der Waals surface area contributed by atoms with Crippen LogP contribution < -0.4 is 0 Å². The van der Waals surface area contributed by atoms with Gasteiger partial charge in [-0.1, -0.05) is 87.2 Å². The number of nitrogens with zero attached hydrogens (tertiary/aromatic N) is 4. The number of hydrogen-bond acceptors (Lipinski definition) is 5. The largest absolute Gasteiger partial charge is 0.501 e. The fraction of sp³-hybridized carbons (Fsp3) is 0.158. The van der Waals surface area contributed by atoms with Crippen molar-refractivity contribution in [3.8, 4) is 33.9 Å². The first kappa shape index (κ1) is 30.9. The van der Waals surface area contributed by atoms with Gasteiger partial charge >= 0.3 is 0 Å². The fourth-order valence-electron chi connectivity index (χ4n) is 5.31. The van der Waals surface area contributed by atoms with Crippen LogP contribution >= 0.6 is 0 Å². The van der Waals surface area contributed by atoms with E-state index in [2.05, 4.69) is 79.3 Å². The summed E-state index contributed by atoms with van der Waals surface area (Å²) in [5.74, 6) is 1.27. The molecule has 7 rings (SSSR count). The van der Waals surface area contributed by atoms with Crippen LogP contribution in [-0.4, -0.2) is 20.2 Å². The third-order valence-corrected chi connectivity index (χ3v) is 7.40. The van der Waals surface area contributed by atoms with Crippen LogP contribution in [-0.2, 0) is 20.1 Å².